The summed E-state index contributed by atoms with van der Waals surface area (Å²) in [6.07, 6.45) is 4.36. The van der Waals surface area contributed by atoms with Gasteiger partial charge in [-0.1, -0.05) is 17.7 Å². The highest BCUT2D eigenvalue weighted by Gasteiger charge is 2.29. The van der Waals surface area contributed by atoms with Gasteiger partial charge in [-0.2, -0.15) is 0 Å². The maximum Gasteiger partial charge on any atom is 0.303 e. The van der Waals surface area contributed by atoms with E-state index in [2.05, 4.69) is 0 Å². The lowest BCUT2D eigenvalue weighted by Crippen LogP contribution is -2.26. The summed E-state index contributed by atoms with van der Waals surface area (Å²) in [6, 6.07) is 5.97. The number of fused-ring (bicyclic) bond motifs is 1. The molecule has 0 fully saturated rings. The van der Waals surface area contributed by atoms with Crippen molar-refractivity contribution in [3.05, 3.63) is 41.5 Å². The van der Waals surface area contributed by atoms with Gasteiger partial charge in [-0.05, 0) is 32.1 Å². The predicted molar refractivity (Wildman–Crippen MR) is 69.5 cm³/mol. The van der Waals surface area contributed by atoms with Crippen molar-refractivity contribution >= 4 is 5.97 Å². The molecule has 0 N–H and O–H groups in total. The molecule has 0 aliphatic carbocycles. The monoisotopic (exact) mass is 246 g/mol. The molecule has 0 amide bonds. The van der Waals surface area contributed by atoms with Gasteiger partial charge in [-0.25, -0.2) is 0 Å². The molecule has 0 saturated carbocycles. The van der Waals surface area contributed by atoms with E-state index in [9.17, 15) is 4.79 Å². The third-order valence-corrected chi connectivity index (χ3v) is 2.95. The van der Waals surface area contributed by atoms with Crippen LogP contribution in [0.15, 0.2) is 30.4 Å². The molecule has 2 atom stereocenters. The fourth-order valence-electron chi connectivity index (χ4n) is 2.22. The maximum absolute atomic E-state index is 11.2. The SMILES string of the molecule is CC=CC1CC(OC(C)=O)c2cc(C)ccc2O1. The van der Waals surface area contributed by atoms with E-state index < -0.39 is 0 Å². The second-order valence-corrected chi connectivity index (χ2v) is 4.56. The standard InChI is InChI=1S/C15H18O3/c1-4-5-12-9-15(17-11(3)16)13-8-10(2)6-7-14(13)18-12/h4-8,12,15H,9H2,1-3H3. The first-order valence-electron chi connectivity index (χ1n) is 6.17. The molecule has 1 aliphatic rings. The van der Waals surface area contributed by atoms with Crippen LogP contribution >= 0.6 is 0 Å². The summed E-state index contributed by atoms with van der Waals surface area (Å²) in [4.78, 5) is 11.2. The average molecular weight is 246 g/mol. The normalized spacial score (nSPS) is 22.4. The highest BCUT2D eigenvalue weighted by atomic mass is 16.6. The summed E-state index contributed by atoms with van der Waals surface area (Å²) in [5.41, 5.74) is 2.10. The first-order valence-corrected chi connectivity index (χ1v) is 6.17. The highest BCUT2D eigenvalue weighted by molar-refractivity contribution is 5.66. The molecule has 2 unspecified atom stereocenters. The van der Waals surface area contributed by atoms with E-state index >= 15 is 0 Å². The van der Waals surface area contributed by atoms with Crippen molar-refractivity contribution < 1.29 is 14.3 Å². The number of hydrogen-bond acceptors (Lipinski definition) is 3. The Morgan fingerprint density at radius 3 is 2.94 bits per heavy atom. The van der Waals surface area contributed by atoms with Crippen LogP contribution in [0.1, 0.15) is 37.5 Å². The van der Waals surface area contributed by atoms with Crippen LogP contribution in [0.4, 0.5) is 0 Å². The number of ether oxygens (including phenoxy) is 2. The van der Waals surface area contributed by atoms with Crippen LogP contribution in [-0.2, 0) is 9.53 Å². The first kappa shape index (κ1) is 12.7. The molecule has 1 aromatic carbocycles. The second kappa shape index (κ2) is 5.25. The molecule has 3 nitrogen and oxygen atoms in total. The molecule has 96 valence electrons. The molecule has 0 bridgehead atoms. The zero-order chi connectivity index (χ0) is 13.1. The summed E-state index contributed by atoms with van der Waals surface area (Å²) in [5.74, 6) is 0.551. The van der Waals surface area contributed by atoms with E-state index in [1.807, 2.05) is 44.2 Å². The maximum atomic E-state index is 11.2. The summed E-state index contributed by atoms with van der Waals surface area (Å²) < 4.78 is 11.3. The van der Waals surface area contributed by atoms with Gasteiger partial charge in [0.25, 0.3) is 0 Å². The lowest BCUT2D eigenvalue weighted by molar-refractivity contribution is -0.148. The summed E-state index contributed by atoms with van der Waals surface area (Å²) >= 11 is 0. The number of benzene rings is 1. The smallest absolute Gasteiger partial charge is 0.303 e. The number of allylic oxidation sites excluding steroid dienone is 1. The Balaban J connectivity index is 2.34. The predicted octanol–water partition coefficient (Wildman–Crippen LogP) is 3.33. The molecule has 0 spiro atoms. The largest absolute Gasteiger partial charge is 0.486 e. The van der Waals surface area contributed by atoms with Crippen LogP contribution in [0.2, 0.25) is 0 Å². The van der Waals surface area contributed by atoms with Crippen molar-refractivity contribution in [3.63, 3.8) is 0 Å². The van der Waals surface area contributed by atoms with Gasteiger partial charge >= 0.3 is 5.97 Å². The topological polar surface area (TPSA) is 35.5 Å². The number of hydrogen-bond donors (Lipinski definition) is 0. The Morgan fingerprint density at radius 2 is 2.28 bits per heavy atom. The number of aryl methyl sites for hydroxylation is 1. The quantitative estimate of drug-likeness (QED) is 0.593. The van der Waals surface area contributed by atoms with Crippen molar-refractivity contribution in [1.82, 2.24) is 0 Å². The Morgan fingerprint density at radius 1 is 1.50 bits per heavy atom. The molecule has 0 aromatic heterocycles. The van der Waals surface area contributed by atoms with Crippen LogP contribution in [0.3, 0.4) is 0 Å². The number of esters is 1. The lowest BCUT2D eigenvalue weighted by atomic mass is 9.97. The van der Waals surface area contributed by atoms with Gasteiger partial charge < -0.3 is 9.47 Å². The Hall–Kier alpha value is -1.77. The summed E-state index contributed by atoms with van der Waals surface area (Å²) in [7, 11) is 0. The van der Waals surface area contributed by atoms with Crippen LogP contribution in [0, 0.1) is 6.92 Å². The van der Waals surface area contributed by atoms with Gasteiger partial charge in [0.15, 0.2) is 0 Å². The molecule has 0 radical (unpaired) electrons. The molecular weight excluding hydrogens is 228 g/mol. The van der Waals surface area contributed by atoms with E-state index in [0.717, 1.165) is 16.9 Å². The number of carbonyl (C=O) groups excluding carboxylic acids is 1. The summed E-state index contributed by atoms with van der Waals surface area (Å²) in [5, 5.41) is 0. The van der Waals surface area contributed by atoms with Gasteiger partial charge in [0.05, 0.1) is 0 Å². The molecule has 1 heterocycles. The van der Waals surface area contributed by atoms with Crippen molar-refractivity contribution in [2.24, 2.45) is 0 Å². The van der Waals surface area contributed by atoms with Crippen molar-refractivity contribution in [1.29, 1.82) is 0 Å². The fourth-order valence-corrected chi connectivity index (χ4v) is 2.22. The third-order valence-electron chi connectivity index (χ3n) is 2.95. The van der Waals surface area contributed by atoms with Gasteiger partial charge in [-0.15, -0.1) is 0 Å². The molecule has 1 aromatic rings. The molecule has 0 saturated heterocycles. The molecular formula is C15H18O3. The minimum absolute atomic E-state index is 0.0328. The van der Waals surface area contributed by atoms with Gasteiger partial charge in [0, 0.05) is 18.9 Å². The second-order valence-electron chi connectivity index (χ2n) is 4.56. The van der Waals surface area contributed by atoms with Crippen molar-refractivity contribution in [2.45, 2.75) is 39.4 Å². The van der Waals surface area contributed by atoms with Crippen LogP contribution in [0.5, 0.6) is 5.75 Å². The van der Waals surface area contributed by atoms with E-state index in [-0.39, 0.29) is 18.2 Å². The minimum atomic E-state index is -0.256. The van der Waals surface area contributed by atoms with Gasteiger partial charge in [0.1, 0.15) is 18.0 Å². The lowest BCUT2D eigenvalue weighted by Gasteiger charge is -2.30. The summed E-state index contributed by atoms with van der Waals surface area (Å²) in [6.45, 7) is 5.41. The first-order chi connectivity index (χ1) is 8.60. The van der Waals surface area contributed by atoms with Crippen LogP contribution in [-0.4, -0.2) is 12.1 Å². The molecule has 1 aliphatic heterocycles. The van der Waals surface area contributed by atoms with E-state index in [0.29, 0.717) is 6.42 Å². The van der Waals surface area contributed by atoms with Crippen LogP contribution < -0.4 is 4.74 Å². The number of carbonyl (C=O) groups is 1. The van der Waals surface area contributed by atoms with E-state index in [1.54, 1.807) is 0 Å². The Kier molecular flexibility index (Phi) is 3.70. The van der Waals surface area contributed by atoms with Crippen molar-refractivity contribution in [2.75, 3.05) is 0 Å². The van der Waals surface area contributed by atoms with E-state index in [4.69, 9.17) is 9.47 Å². The Labute approximate surface area is 107 Å². The van der Waals surface area contributed by atoms with E-state index in [1.165, 1.54) is 6.92 Å². The minimum Gasteiger partial charge on any atom is -0.486 e. The average Bonchev–Trinajstić information content (AvgIpc) is 2.30. The zero-order valence-corrected chi connectivity index (χ0v) is 11.0. The zero-order valence-electron chi connectivity index (χ0n) is 11.0. The highest BCUT2D eigenvalue weighted by Crippen LogP contribution is 2.38. The molecule has 18 heavy (non-hydrogen) atoms. The van der Waals surface area contributed by atoms with Gasteiger partial charge in [0.2, 0.25) is 0 Å². The van der Waals surface area contributed by atoms with Gasteiger partial charge in [-0.3, -0.25) is 4.79 Å². The Bertz CT molecular complexity index is 477. The molecule has 2 rings (SSSR count). The van der Waals surface area contributed by atoms with Crippen molar-refractivity contribution in [3.8, 4) is 5.75 Å². The van der Waals surface area contributed by atoms with Crippen LogP contribution in [0.25, 0.3) is 0 Å². The number of rotatable bonds is 2. The third kappa shape index (κ3) is 2.73. The molecule has 3 heteroatoms. The fraction of sp³-hybridized carbons (Fsp3) is 0.400.